The van der Waals surface area contributed by atoms with Gasteiger partial charge in [-0.2, -0.15) is 0 Å². The summed E-state index contributed by atoms with van der Waals surface area (Å²) in [5, 5.41) is 2.41. The molecule has 1 atom stereocenters. The smallest absolute Gasteiger partial charge is 0.118 e. The highest BCUT2D eigenvalue weighted by Crippen LogP contribution is 2.28. The first-order valence-electron chi connectivity index (χ1n) is 8.20. The van der Waals surface area contributed by atoms with Crippen LogP contribution in [0.4, 0.5) is 0 Å². The molecule has 2 heteroatoms. The molecule has 2 N–H and O–H groups in total. The minimum absolute atomic E-state index is 0.609. The van der Waals surface area contributed by atoms with Gasteiger partial charge in [0.05, 0.1) is 13.7 Å². The summed E-state index contributed by atoms with van der Waals surface area (Å²) < 4.78 is 5.25. The number of methoxy groups -OCH3 is 1. The third-order valence-electron chi connectivity index (χ3n) is 4.25. The molecule has 0 bridgehead atoms. The number of hydrogen-bond donors (Lipinski definition) is 1. The monoisotopic (exact) mass is 298 g/mol. The fourth-order valence-corrected chi connectivity index (χ4v) is 2.92. The highest BCUT2D eigenvalue weighted by molar-refractivity contribution is 5.29. The first kappa shape index (κ1) is 16.6. The molecule has 0 amide bonds. The SMILES string of the molecule is COc1ccc([C@@H](CC[NH2+]Cc2ccccc2)C(C)C)cc1. The molecule has 0 aliphatic rings. The second kappa shape index (κ2) is 8.60. The lowest BCUT2D eigenvalue weighted by Gasteiger charge is -2.21. The Bertz CT molecular complexity index is 533. The minimum Gasteiger partial charge on any atom is -0.497 e. The topological polar surface area (TPSA) is 25.8 Å². The van der Waals surface area contributed by atoms with Gasteiger partial charge in [-0.1, -0.05) is 56.3 Å². The molecule has 0 fully saturated rings. The van der Waals surface area contributed by atoms with Crippen molar-refractivity contribution in [2.45, 2.75) is 32.7 Å². The van der Waals surface area contributed by atoms with Crippen LogP contribution in [0.3, 0.4) is 0 Å². The molecule has 0 radical (unpaired) electrons. The van der Waals surface area contributed by atoms with Gasteiger partial charge >= 0.3 is 0 Å². The lowest BCUT2D eigenvalue weighted by molar-refractivity contribution is -0.671. The van der Waals surface area contributed by atoms with Crippen molar-refractivity contribution in [3.8, 4) is 5.75 Å². The van der Waals surface area contributed by atoms with E-state index >= 15 is 0 Å². The van der Waals surface area contributed by atoms with E-state index in [2.05, 4.69) is 73.8 Å². The molecule has 22 heavy (non-hydrogen) atoms. The second-order valence-electron chi connectivity index (χ2n) is 6.18. The van der Waals surface area contributed by atoms with Crippen molar-refractivity contribution in [1.29, 1.82) is 0 Å². The van der Waals surface area contributed by atoms with E-state index in [1.807, 2.05) is 0 Å². The number of rotatable bonds is 8. The Balaban J connectivity index is 1.86. The molecule has 2 aromatic rings. The van der Waals surface area contributed by atoms with E-state index in [-0.39, 0.29) is 0 Å². The maximum atomic E-state index is 5.25. The fraction of sp³-hybridized carbons (Fsp3) is 0.400. The Kier molecular flexibility index (Phi) is 6.47. The van der Waals surface area contributed by atoms with Gasteiger partial charge in [-0.05, 0) is 29.5 Å². The molecule has 0 unspecified atom stereocenters. The number of nitrogens with two attached hydrogens (primary N) is 1. The lowest BCUT2D eigenvalue weighted by atomic mass is 9.86. The average molecular weight is 298 g/mol. The molecule has 118 valence electrons. The first-order valence-corrected chi connectivity index (χ1v) is 8.20. The minimum atomic E-state index is 0.609. The number of hydrogen-bond acceptors (Lipinski definition) is 1. The van der Waals surface area contributed by atoms with Crippen molar-refractivity contribution < 1.29 is 10.1 Å². The summed E-state index contributed by atoms with van der Waals surface area (Å²) in [5.74, 6) is 2.19. The molecule has 0 aromatic heterocycles. The van der Waals surface area contributed by atoms with Crippen molar-refractivity contribution in [2.75, 3.05) is 13.7 Å². The molecule has 0 saturated heterocycles. The molecule has 2 aromatic carbocycles. The van der Waals surface area contributed by atoms with Gasteiger partial charge in [-0.3, -0.25) is 0 Å². The molecule has 0 heterocycles. The summed E-state index contributed by atoms with van der Waals surface area (Å²) in [6.07, 6.45) is 1.21. The lowest BCUT2D eigenvalue weighted by Crippen LogP contribution is -2.82. The van der Waals surface area contributed by atoms with Gasteiger partial charge in [0.25, 0.3) is 0 Å². The highest BCUT2D eigenvalue weighted by Gasteiger charge is 2.16. The highest BCUT2D eigenvalue weighted by atomic mass is 16.5. The molecule has 2 nitrogen and oxygen atoms in total. The van der Waals surface area contributed by atoms with E-state index in [4.69, 9.17) is 4.74 Å². The van der Waals surface area contributed by atoms with Gasteiger partial charge in [0.1, 0.15) is 12.3 Å². The third-order valence-corrected chi connectivity index (χ3v) is 4.25. The van der Waals surface area contributed by atoms with Crippen molar-refractivity contribution in [2.24, 2.45) is 5.92 Å². The van der Waals surface area contributed by atoms with Crippen molar-refractivity contribution in [3.05, 3.63) is 65.7 Å². The van der Waals surface area contributed by atoms with Gasteiger partial charge in [-0.15, -0.1) is 0 Å². The Morgan fingerprint density at radius 2 is 1.64 bits per heavy atom. The normalized spacial score (nSPS) is 12.4. The number of benzene rings is 2. The molecular weight excluding hydrogens is 270 g/mol. The molecule has 0 saturated carbocycles. The largest absolute Gasteiger partial charge is 0.497 e. The van der Waals surface area contributed by atoms with Gasteiger partial charge in [-0.25, -0.2) is 0 Å². The van der Waals surface area contributed by atoms with Crippen LogP contribution in [0.2, 0.25) is 0 Å². The van der Waals surface area contributed by atoms with E-state index in [1.54, 1.807) is 7.11 Å². The van der Waals surface area contributed by atoms with Crippen LogP contribution >= 0.6 is 0 Å². The second-order valence-corrected chi connectivity index (χ2v) is 6.18. The third kappa shape index (κ3) is 4.88. The quantitative estimate of drug-likeness (QED) is 0.741. The Hall–Kier alpha value is -1.80. The molecule has 2 rings (SSSR count). The summed E-state index contributed by atoms with van der Waals surface area (Å²) in [5.41, 5.74) is 2.82. The predicted molar refractivity (Wildman–Crippen MR) is 92.1 cm³/mol. The van der Waals surface area contributed by atoms with Gasteiger partial charge in [0, 0.05) is 12.0 Å². The van der Waals surface area contributed by atoms with Crippen LogP contribution in [0.25, 0.3) is 0 Å². The van der Waals surface area contributed by atoms with E-state index in [9.17, 15) is 0 Å². The van der Waals surface area contributed by atoms with Crippen LogP contribution in [0.15, 0.2) is 54.6 Å². The molecular formula is C20H28NO+. The average Bonchev–Trinajstić information content (AvgIpc) is 2.56. The predicted octanol–water partition coefficient (Wildman–Crippen LogP) is 3.59. The zero-order chi connectivity index (χ0) is 15.8. The van der Waals surface area contributed by atoms with Crippen LogP contribution in [0, 0.1) is 5.92 Å². The van der Waals surface area contributed by atoms with Crippen molar-refractivity contribution in [3.63, 3.8) is 0 Å². The van der Waals surface area contributed by atoms with Crippen molar-refractivity contribution in [1.82, 2.24) is 0 Å². The zero-order valence-corrected chi connectivity index (χ0v) is 14.0. The van der Waals surface area contributed by atoms with E-state index in [0.29, 0.717) is 11.8 Å². The van der Waals surface area contributed by atoms with E-state index in [0.717, 1.165) is 18.8 Å². The number of ether oxygens (including phenoxy) is 1. The molecule has 0 spiro atoms. The van der Waals surface area contributed by atoms with Gasteiger partial charge in [0.15, 0.2) is 0 Å². The summed E-state index contributed by atoms with van der Waals surface area (Å²) in [7, 11) is 1.72. The summed E-state index contributed by atoms with van der Waals surface area (Å²) in [6, 6.07) is 19.2. The summed E-state index contributed by atoms with van der Waals surface area (Å²) in [6.45, 7) is 6.84. The van der Waals surface area contributed by atoms with Crippen LogP contribution < -0.4 is 10.1 Å². The van der Waals surface area contributed by atoms with E-state index < -0.39 is 0 Å². The summed E-state index contributed by atoms with van der Waals surface area (Å²) >= 11 is 0. The van der Waals surface area contributed by atoms with Crippen LogP contribution in [-0.4, -0.2) is 13.7 Å². The Morgan fingerprint density at radius 3 is 2.23 bits per heavy atom. The Morgan fingerprint density at radius 1 is 0.955 bits per heavy atom. The number of quaternary nitrogens is 1. The maximum Gasteiger partial charge on any atom is 0.118 e. The summed E-state index contributed by atoms with van der Waals surface area (Å²) in [4.78, 5) is 0. The first-order chi connectivity index (χ1) is 10.7. The Labute approximate surface area is 134 Å². The maximum absolute atomic E-state index is 5.25. The van der Waals surface area contributed by atoms with E-state index in [1.165, 1.54) is 17.5 Å². The van der Waals surface area contributed by atoms with Crippen molar-refractivity contribution >= 4 is 0 Å². The van der Waals surface area contributed by atoms with Gasteiger partial charge < -0.3 is 10.1 Å². The van der Waals surface area contributed by atoms with Gasteiger partial charge in [0.2, 0.25) is 0 Å². The molecule has 0 aliphatic carbocycles. The van der Waals surface area contributed by atoms with Crippen LogP contribution in [0.1, 0.15) is 37.3 Å². The zero-order valence-electron chi connectivity index (χ0n) is 14.0. The van der Waals surface area contributed by atoms with Crippen LogP contribution in [0.5, 0.6) is 5.75 Å². The molecule has 0 aliphatic heterocycles. The van der Waals surface area contributed by atoms with Crippen LogP contribution in [-0.2, 0) is 6.54 Å². The standard InChI is InChI=1S/C20H27NO/c1-16(2)20(18-9-11-19(22-3)12-10-18)13-14-21-15-17-7-5-4-6-8-17/h4-12,16,20-21H,13-15H2,1-3H3/p+1/t20-/m0/s1. The fourth-order valence-electron chi connectivity index (χ4n) is 2.92.